The first-order valence-corrected chi connectivity index (χ1v) is 13.4. The third-order valence-electron chi connectivity index (χ3n) is 7.02. The largest absolute Gasteiger partial charge is 0.461 e. The van der Waals surface area contributed by atoms with E-state index in [1.54, 1.807) is 13.8 Å². The third kappa shape index (κ3) is 7.34. The fraction of sp³-hybridized carbons (Fsp3) is 0.517. The first-order valence-electron chi connectivity index (χ1n) is 13.4. The summed E-state index contributed by atoms with van der Waals surface area (Å²) in [7, 11) is 0.798. The Morgan fingerprint density at radius 1 is 0.909 bits per heavy atom. The van der Waals surface area contributed by atoms with Gasteiger partial charge in [-0.15, -0.1) is 0 Å². The minimum atomic E-state index is -5.27. The van der Waals surface area contributed by atoms with Crippen molar-refractivity contribution in [1.29, 1.82) is 0 Å². The normalized spacial score (nSPS) is 20.6. The van der Waals surface area contributed by atoms with Crippen LogP contribution in [0.4, 0.5) is 50.0 Å². The van der Waals surface area contributed by atoms with E-state index in [2.05, 4.69) is 5.32 Å². The van der Waals surface area contributed by atoms with Crippen molar-refractivity contribution in [2.24, 2.45) is 11.8 Å². The number of fused-ring (bicyclic) bond motifs is 1. The van der Waals surface area contributed by atoms with Gasteiger partial charge in [0.25, 0.3) is 0 Å². The van der Waals surface area contributed by atoms with Gasteiger partial charge in [-0.2, -0.15) is 39.5 Å². The van der Waals surface area contributed by atoms with Gasteiger partial charge < -0.3 is 14.8 Å². The molecule has 6 nitrogen and oxygen atoms in total. The van der Waals surface area contributed by atoms with Gasteiger partial charge in [-0.05, 0) is 61.6 Å². The van der Waals surface area contributed by atoms with Crippen LogP contribution in [-0.2, 0) is 33.2 Å². The van der Waals surface area contributed by atoms with Crippen molar-refractivity contribution in [2.45, 2.75) is 76.9 Å². The van der Waals surface area contributed by atoms with E-state index in [0.717, 1.165) is 7.11 Å². The number of rotatable bonds is 7. The molecule has 0 aromatic heterocycles. The van der Waals surface area contributed by atoms with Gasteiger partial charge in [0.1, 0.15) is 11.5 Å². The van der Waals surface area contributed by atoms with Crippen LogP contribution in [0.5, 0.6) is 0 Å². The highest BCUT2D eigenvalue weighted by Crippen LogP contribution is 2.55. The van der Waals surface area contributed by atoms with E-state index in [0.29, 0.717) is 17.0 Å². The van der Waals surface area contributed by atoms with Crippen molar-refractivity contribution in [2.75, 3.05) is 12.4 Å². The lowest BCUT2D eigenvalue weighted by Gasteiger charge is -2.51. The lowest BCUT2D eigenvalue weighted by Crippen LogP contribution is -2.65. The highest BCUT2D eigenvalue weighted by atomic mass is 19.4. The molecule has 3 atom stereocenters. The van der Waals surface area contributed by atoms with Crippen molar-refractivity contribution < 1.29 is 58.6 Å². The Kier molecular flexibility index (Phi) is 9.81. The van der Waals surface area contributed by atoms with E-state index < -0.39 is 89.8 Å². The van der Waals surface area contributed by atoms with E-state index in [9.17, 15) is 35.9 Å². The van der Waals surface area contributed by atoms with Gasteiger partial charge in [-0.3, -0.25) is 4.90 Å². The van der Waals surface area contributed by atoms with Crippen LogP contribution >= 0.6 is 0 Å². The van der Waals surface area contributed by atoms with Crippen LogP contribution in [0.3, 0.4) is 0 Å². The summed E-state index contributed by atoms with van der Waals surface area (Å²) in [4.78, 5) is 27.2. The number of benzene rings is 2. The smallest absolute Gasteiger partial charge is 0.416 e. The summed E-state index contributed by atoms with van der Waals surface area (Å²) in [6.45, 7) is 4.78. The lowest BCUT2D eigenvalue weighted by atomic mass is 9.68. The van der Waals surface area contributed by atoms with Crippen LogP contribution in [-0.4, -0.2) is 41.9 Å². The van der Waals surface area contributed by atoms with E-state index in [1.807, 2.05) is 0 Å². The summed E-state index contributed by atoms with van der Waals surface area (Å²) in [5, 5.41) is 2.70. The molecule has 1 heterocycles. The van der Waals surface area contributed by atoms with Gasteiger partial charge in [0.15, 0.2) is 0 Å². The monoisotopic (exact) mass is 642 g/mol. The zero-order chi connectivity index (χ0) is 33.4. The molecular weight excluding hydrogens is 611 g/mol. The van der Waals surface area contributed by atoms with Gasteiger partial charge in [0.2, 0.25) is 0 Å². The highest BCUT2D eigenvalue weighted by Gasteiger charge is 2.66. The molecule has 1 aliphatic rings. The number of para-hydroxylation sites is 1. The summed E-state index contributed by atoms with van der Waals surface area (Å²) in [6, 6.07) is 3.67. The van der Waals surface area contributed by atoms with Gasteiger partial charge >= 0.3 is 30.6 Å². The van der Waals surface area contributed by atoms with Gasteiger partial charge in [0.05, 0.1) is 30.4 Å². The highest BCUT2D eigenvalue weighted by molar-refractivity contribution is 5.87. The molecule has 0 fully saturated rings. The molecule has 1 unspecified atom stereocenters. The number of anilines is 1. The average Bonchev–Trinajstić information content (AvgIpc) is 2.88. The second kappa shape index (κ2) is 12.4. The number of alkyl halides is 9. The third-order valence-corrected chi connectivity index (χ3v) is 7.02. The minimum Gasteiger partial charge on any atom is -0.461 e. The Bertz CT molecular complexity index is 1320. The first kappa shape index (κ1) is 34.8. The maximum atomic E-state index is 15.3. The molecule has 44 heavy (non-hydrogen) atoms. The molecule has 1 aliphatic heterocycles. The van der Waals surface area contributed by atoms with Crippen LogP contribution in [0, 0.1) is 11.8 Å². The average molecular weight is 643 g/mol. The molecule has 1 N–H and O–H groups in total. The van der Waals surface area contributed by atoms with Crippen molar-refractivity contribution in [1.82, 2.24) is 4.90 Å². The number of amides is 1. The minimum absolute atomic E-state index is 0.0201. The SMILES string of the molecule is COC(=O)N(Cc1cc(C(F)(F)F)cc(C(F)(F)F)c1)C1c2ccccc2N[C@](CC(C)C)(C(=O)OC(C)C)[C@@H]1C(F)(F)F. The predicted molar refractivity (Wildman–Crippen MR) is 140 cm³/mol. The lowest BCUT2D eigenvalue weighted by molar-refractivity contribution is -0.219. The van der Waals surface area contributed by atoms with E-state index in [-0.39, 0.29) is 17.3 Å². The maximum Gasteiger partial charge on any atom is 0.416 e. The van der Waals surface area contributed by atoms with Gasteiger partial charge in [-0.1, -0.05) is 32.0 Å². The zero-order valence-corrected chi connectivity index (χ0v) is 24.2. The van der Waals surface area contributed by atoms with Crippen molar-refractivity contribution >= 4 is 17.7 Å². The molecule has 0 bridgehead atoms. The summed E-state index contributed by atoms with van der Waals surface area (Å²) in [5.41, 5.74) is -6.99. The fourth-order valence-electron chi connectivity index (χ4n) is 5.55. The second-order valence-corrected chi connectivity index (χ2v) is 11.2. The molecule has 0 spiro atoms. The van der Waals surface area contributed by atoms with E-state index in [1.165, 1.54) is 38.1 Å². The molecule has 1 amide bonds. The molecule has 0 saturated heterocycles. The van der Waals surface area contributed by atoms with Crippen molar-refractivity contribution in [3.05, 3.63) is 64.7 Å². The van der Waals surface area contributed by atoms with Crippen molar-refractivity contribution in [3.63, 3.8) is 0 Å². The Morgan fingerprint density at radius 2 is 1.45 bits per heavy atom. The quantitative estimate of drug-likeness (QED) is 0.243. The van der Waals surface area contributed by atoms with Gasteiger partial charge in [-0.25, -0.2) is 9.59 Å². The standard InChI is InChI=1S/C29H31F9N2O4/c1-15(2)13-26(24(41)44-16(3)4)23(29(36,37)38)22(20-8-6-7-9-21(20)39-26)40(25(42)43-5)14-17-10-18(27(30,31)32)12-19(11-17)28(33,34)35/h6-12,15-16,22-23,39H,13-14H2,1-5H3/t22?,23-,26+/m1/s1. The number of carbonyl (C=O) groups is 2. The van der Waals surface area contributed by atoms with Crippen LogP contribution in [0.25, 0.3) is 0 Å². The molecule has 0 radical (unpaired) electrons. The molecule has 2 aromatic rings. The molecule has 244 valence electrons. The molecular formula is C29H31F9N2O4. The Morgan fingerprint density at radius 3 is 1.91 bits per heavy atom. The summed E-state index contributed by atoms with van der Waals surface area (Å²) < 4.78 is 138. The topological polar surface area (TPSA) is 67.9 Å². The fourth-order valence-corrected chi connectivity index (χ4v) is 5.55. The van der Waals surface area contributed by atoms with Crippen LogP contribution < -0.4 is 5.32 Å². The Labute approximate surface area is 247 Å². The molecule has 0 saturated carbocycles. The van der Waals surface area contributed by atoms with E-state index in [4.69, 9.17) is 9.47 Å². The molecule has 3 rings (SSSR count). The summed E-state index contributed by atoms with van der Waals surface area (Å²) >= 11 is 0. The van der Waals surface area contributed by atoms with Crippen LogP contribution in [0.2, 0.25) is 0 Å². The Hall–Kier alpha value is -3.65. The number of esters is 1. The number of hydrogen-bond donors (Lipinski definition) is 1. The number of ether oxygens (including phenoxy) is 2. The van der Waals surface area contributed by atoms with Crippen LogP contribution in [0.1, 0.15) is 62.4 Å². The molecule has 15 heteroatoms. The zero-order valence-electron chi connectivity index (χ0n) is 24.2. The van der Waals surface area contributed by atoms with Crippen molar-refractivity contribution in [3.8, 4) is 0 Å². The predicted octanol–water partition coefficient (Wildman–Crippen LogP) is 8.37. The molecule has 2 aromatic carbocycles. The number of nitrogens with one attached hydrogen (secondary N) is 1. The number of halogens is 9. The summed E-state index contributed by atoms with van der Waals surface area (Å²) in [6.07, 6.45) is -18.6. The first-order chi connectivity index (χ1) is 20.1. The number of carbonyl (C=O) groups excluding carboxylic acids is 2. The van der Waals surface area contributed by atoms with Crippen LogP contribution in [0.15, 0.2) is 42.5 Å². The van der Waals surface area contributed by atoms with E-state index >= 15 is 13.2 Å². The number of methoxy groups -OCH3 is 1. The summed E-state index contributed by atoms with van der Waals surface area (Å²) in [5.74, 6) is -4.65. The van der Waals surface area contributed by atoms with Gasteiger partial charge in [0, 0.05) is 12.2 Å². The number of nitrogens with zero attached hydrogens (tertiary/aromatic N) is 1. The maximum absolute atomic E-state index is 15.3. The Balaban J connectivity index is 2.37. The molecule has 0 aliphatic carbocycles. The number of hydrogen-bond acceptors (Lipinski definition) is 5. The second-order valence-electron chi connectivity index (χ2n) is 11.2.